The first-order chi connectivity index (χ1) is 14.9. The van der Waals surface area contributed by atoms with Gasteiger partial charge in [0, 0.05) is 36.4 Å². The summed E-state index contributed by atoms with van der Waals surface area (Å²) < 4.78 is 10.7. The first-order valence-corrected chi connectivity index (χ1v) is 10.5. The Morgan fingerprint density at radius 2 is 1.77 bits per heavy atom. The Morgan fingerprint density at radius 1 is 1.06 bits per heavy atom. The number of hydrogen-bond acceptors (Lipinski definition) is 7. The highest BCUT2D eigenvalue weighted by molar-refractivity contribution is 7.11. The molecule has 2 N–H and O–H groups in total. The van der Waals surface area contributed by atoms with E-state index in [4.69, 9.17) is 14.9 Å². The number of methoxy groups -OCH3 is 2. The lowest BCUT2D eigenvalue weighted by atomic mass is 10.1. The lowest BCUT2D eigenvalue weighted by Crippen LogP contribution is -2.26. The van der Waals surface area contributed by atoms with E-state index in [0.717, 1.165) is 22.6 Å². The van der Waals surface area contributed by atoms with Gasteiger partial charge in [-0.3, -0.25) is 5.41 Å². The Bertz CT molecular complexity index is 1150. The van der Waals surface area contributed by atoms with Gasteiger partial charge in [-0.2, -0.15) is 0 Å². The number of aliphatic hydroxyl groups is 1. The second-order valence-corrected chi connectivity index (χ2v) is 8.13. The molecule has 4 rings (SSSR count). The molecule has 0 saturated heterocycles. The SMILES string of the molecule is COc1ccc(-c2csc(C3=C(O)CN(c4ccc(N(C)C)cc4)C3=N)n2)cc1OC. The molecule has 0 fully saturated rings. The fourth-order valence-electron chi connectivity index (χ4n) is 3.47. The molecule has 7 nitrogen and oxygen atoms in total. The van der Waals surface area contributed by atoms with Gasteiger partial charge in [-0.25, -0.2) is 4.98 Å². The van der Waals surface area contributed by atoms with Crippen molar-refractivity contribution < 1.29 is 14.6 Å². The Labute approximate surface area is 185 Å². The van der Waals surface area contributed by atoms with Crippen molar-refractivity contribution >= 4 is 34.1 Å². The van der Waals surface area contributed by atoms with Crippen LogP contribution in [0, 0.1) is 5.41 Å². The average molecular weight is 437 g/mol. The molecule has 2 aromatic carbocycles. The van der Waals surface area contributed by atoms with Crippen LogP contribution >= 0.6 is 11.3 Å². The third-order valence-electron chi connectivity index (χ3n) is 5.18. The number of anilines is 2. The van der Waals surface area contributed by atoms with Gasteiger partial charge in [-0.05, 0) is 42.5 Å². The first kappa shape index (κ1) is 20.7. The van der Waals surface area contributed by atoms with Gasteiger partial charge in [-0.1, -0.05) is 0 Å². The Kier molecular flexibility index (Phi) is 5.56. The van der Waals surface area contributed by atoms with E-state index in [0.29, 0.717) is 22.1 Å². The van der Waals surface area contributed by atoms with Gasteiger partial charge in [0.15, 0.2) is 11.5 Å². The molecule has 160 valence electrons. The highest BCUT2D eigenvalue weighted by Gasteiger charge is 2.31. The zero-order valence-corrected chi connectivity index (χ0v) is 18.7. The van der Waals surface area contributed by atoms with E-state index in [9.17, 15) is 5.11 Å². The molecule has 8 heteroatoms. The Balaban J connectivity index is 1.60. The monoisotopic (exact) mass is 436 g/mol. The third-order valence-corrected chi connectivity index (χ3v) is 6.04. The normalized spacial score (nSPS) is 13.7. The molecular weight excluding hydrogens is 412 g/mol. The maximum Gasteiger partial charge on any atom is 0.161 e. The summed E-state index contributed by atoms with van der Waals surface area (Å²) in [4.78, 5) is 8.49. The molecular formula is C23H24N4O3S. The van der Waals surface area contributed by atoms with E-state index in [2.05, 4.69) is 4.98 Å². The van der Waals surface area contributed by atoms with Gasteiger partial charge in [0.1, 0.15) is 16.6 Å². The molecule has 1 aliphatic heterocycles. The van der Waals surface area contributed by atoms with Gasteiger partial charge in [-0.15, -0.1) is 11.3 Å². The predicted molar refractivity (Wildman–Crippen MR) is 126 cm³/mol. The second kappa shape index (κ2) is 8.31. The van der Waals surface area contributed by atoms with Gasteiger partial charge >= 0.3 is 0 Å². The highest BCUT2D eigenvalue weighted by Crippen LogP contribution is 2.37. The van der Waals surface area contributed by atoms with Crippen LogP contribution in [-0.4, -0.2) is 50.8 Å². The molecule has 1 aromatic heterocycles. The largest absolute Gasteiger partial charge is 0.510 e. The van der Waals surface area contributed by atoms with Crippen molar-refractivity contribution in [1.82, 2.24) is 4.98 Å². The molecule has 0 unspecified atom stereocenters. The van der Waals surface area contributed by atoms with Crippen LogP contribution < -0.4 is 19.3 Å². The maximum atomic E-state index is 10.6. The number of hydrogen-bond donors (Lipinski definition) is 2. The summed E-state index contributed by atoms with van der Waals surface area (Å²) in [6.07, 6.45) is 0. The third kappa shape index (κ3) is 3.82. The zero-order valence-electron chi connectivity index (χ0n) is 17.8. The van der Waals surface area contributed by atoms with E-state index in [1.54, 1.807) is 19.1 Å². The molecule has 1 aliphatic rings. The highest BCUT2D eigenvalue weighted by atomic mass is 32.1. The lowest BCUT2D eigenvalue weighted by Gasteiger charge is -2.20. The molecule has 0 aliphatic carbocycles. The van der Waals surface area contributed by atoms with Crippen LogP contribution in [0.25, 0.3) is 16.8 Å². The smallest absolute Gasteiger partial charge is 0.161 e. The van der Waals surface area contributed by atoms with E-state index >= 15 is 0 Å². The van der Waals surface area contributed by atoms with Gasteiger partial charge < -0.3 is 24.4 Å². The lowest BCUT2D eigenvalue weighted by molar-refractivity contribution is 0.355. The quantitative estimate of drug-likeness (QED) is 0.585. The van der Waals surface area contributed by atoms with Crippen molar-refractivity contribution in [3.05, 3.63) is 58.6 Å². The molecule has 0 bridgehead atoms. The van der Waals surface area contributed by atoms with Crippen molar-refractivity contribution in [2.45, 2.75) is 0 Å². The van der Waals surface area contributed by atoms with E-state index < -0.39 is 0 Å². The van der Waals surface area contributed by atoms with Crippen molar-refractivity contribution in [3.63, 3.8) is 0 Å². The predicted octanol–water partition coefficient (Wildman–Crippen LogP) is 4.66. The molecule has 2 heterocycles. The molecule has 31 heavy (non-hydrogen) atoms. The van der Waals surface area contributed by atoms with Crippen LogP contribution in [0.2, 0.25) is 0 Å². The van der Waals surface area contributed by atoms with Crippen molar-refractivity contribution in [2.24, 2.45) is 0 Å². The van der Waals surface area contributed by atoms with E-state index in [-0.39, 0.29) is 18.1 Å². The minimum absolute atomic E-state index is 0.148. The summed E-state index contributed by atoms with van der Waals surface area (Å²) in [5, 5.41) is 21.8. The van der Waals surface area contributed by atoms with Gasteiger partial charge in [0.05, 0.1) is 32.0 Å². The molecule has 3 aromatic rings. The fraction of sp³-hybridized carbons (Fsp3) is 0.217. The minimum Gasteiger partial charge on any atom is -0.510 e. The van der Waals surface area contributed by atoms with Crippen LogP contribution in [0.3, 0.4) is 0 Å². The number of rotatable bonds is 6. The van der Waals surface area contributed by atoms with Gasteiger partial charge in [0.2, 0.25) is 0 Å². The maximum absolute atomic E-state index is 10.6. The van der Waals surface area contributed by atoms with E-state index in [1.165, 1.54) is 11.3 Å². The van der Waals surface area contributed by atoms with Crippen LogP contribution in [0.15, 0.2) is 53.6 Å². The number of benzene rings is 2. The van der Waals surface area contributed by atoms with Crippen LogP contribution in [0.1, 0.15) is 5.01 Å². The van der Waals surface area contributed by atoms with Crippen LogP contribution in [-0.2, 0) is 0 Å². The molecule has 0 spiro atoms. The average Bonchev–Trinajstić information content (AvgIpc) is 3.37. The summed E-state index contributed by atoms with van der Waals surface area (Å²) in [6.45, 7) is 0.251. The van der Waals surface area contributed by atoms with Crippen molar-refractivity contribution in [2.75, 3.05) is 44.7 Å². The minimum atomic E-state index is 0.148. The van der Waals surface area contributed by atoms with Crippen molar-refractivity contribution in [1.29, 1.82) is 5.41 Å². The van der Waals surface area contributed by atoms with E-state index in [1.807, 2.05) is 66.8 Å². The summed E-state index contributed by atoms with van der Waals surface area (Å²) in [7, 11) is 7.16. The summed E-state index contributed by atoms with van der Waals surface area (Å²) >= 11 is 1.40. The Morgan fingerprint density at radius 3 is 2.42 bits per heavy atom. The standard InChI is InChI=1S/C23H24N4O3S/c1-26(2)15-6-8-16(9-7-15)27-12-18(28)21(22(27)24)23-25-17(13-31-23)14-5-10-19(29-3)20(11-14)30-4/h5-11,13,24,28H,12H2,1-4H3. The molecule has 0 radical (unpaired) electrons. The number of ether oxygens (including phenoxy) is 2. The van der Waals surface area contributed by atoms with Crippen molar-refractivity contribution in [3.8, 4) is 22.8 Å². The Hall–Kier alpha value is -3.52. The number of aliphatic hydroxyl groups excluding tert-OH is 1. The van der Waals surface area contributed by atoms with Gasteiger partial charge in [0.25, 0.3) is 0 Å². The number of aromatic nitrogens is 1. The number of amidine groups is 1. The number of nitrogens with one attached hydrogen (secondary N) is 1. The van der Waals surface area contributed by atoms with Crippen LogP contribution in [0.4, 0.5) is 11.4 Å². The fourth-order valence-corrected chi connectivity index (χ4v) is 4.37. The number of thiazole rings is 1. The molecule has 0 amide bonds. The molecule has 0 saturated carbocycles. The first-order valence-electron chi connectivity index (χ1n) is 9.67. The summed E-state index contributed by atoms with van der Waals surface area (Å²) in [5.74, 6) is 1.66. The number of nitrogens with zero attached hydrogens (tertiary/aromatic N) is 3. The summed E-state index contributed by atoms with van der Waals surface area (Å²) in [5.41, 5.74) is 4.03. The summed E-state index contributed by atoms with van der Waals surface area (Å²) in [6, 6.07) is 13.5. The molecule has 0 atom stereocenters. The topological polar surface area (TPSA) is 81.9 Å². The van der Waals surface area contributed by atoms with Crippen LogP contribution in [0.5, 0.6) is 11.5 Å². The zero-order chi connectivity index (χ0) is 22.1. The second-order valence-electron chi connectivity index (χ2n) is 7.27.